The summed E-state index contributed by atoms with van der Waals surface area (Å²) in [5, 5.41) is 1.03. The van der Waals surface area contributed by atoms with Crippen LogP contribution in [0.4, 0.5) is 5.13 Å². The standard InChI is InChI=1S/C13H18N2O2S/c1-3-11(9-16)8-12-10(2)14-13(18-12)15-4-6-17-7-5-15/h8-9H,3-7H2,1-2H3. The molecule has 0 unspecified atom stereocenters. The molecule has 1 aromatic heterocycles. The lowest BCUT2D eigenvalue weighted by Crippen LogP contribution is -2.36. The van der Waals surface area contributed by atoms with Crippen molar-refractivity contribution in [3.05, 3.63) is 16.1 Å². The third-order valence-corrected chi connectivity index (χ3v) is 4.14. The van der Waals surface area contributed by atoms with E-state index in [0.717, 1.165) is 60.3 Å². The first-order valence-electron chi connectivity index (χ1n) is 6.20. The summed E-state index contributed by atoms with van der Waals surface area (Å²) in [4.78, 5) is 18.8. The number of carbonyl (C=O) groups is 1. The van der Waals surface area contributed by atoms with Crippen molar-refractivity contribution in [2.24, 2.45) is 0 Å². The fourth-order valence-electron chi connectivity index (χ4n) is 1.81. The Hall–Kier alpha value is -1.20. The van der Waals surface area contributed by atoms with E-state index < -0.39 is 0 Å². The van der Waals surface area contributed by atoms with Crippen molar-refractivity contribution in [1.29, 1.82) is 0 Å². The summed E-state index contributed by atoms with van der Waals surface area (Å²) in [5.74, 6) is 0. The molecule has 0 aliphatic carbocycles. The number of hydrogen-bond acceptors (Lipinski definition) is 5. The second-order valence-corrected chi connectivity index (χ2v) is 5.25. The van der Waals surface area contributed by atoms with Crippen molar-refractivity contribution in [2.45, 2.75) is 20.3 Å². The Bertz CT molecular complexity index is 448. The van der Waals surface area contributed by atoms with Gasteiger partial charge in [0.2, 0.25) is 0 Å². The maximum absolute atomic E-state index is 10.8. The number of hydrogen-bond donors (Lipinski definition) is 0. The quantitative estimate of drug-likeness (QED) is 0.619. The third-order valence-electron chi connectivity index (χ3n) is 2.98. The first-order chi connectivity index (χ1) is 8.74. The molecule has 1 aromatic rings. The number of allylic oxidation sites excluding steroid dienone is 1. The summed E-state index contributed by atoms with van der Waals surface area (Å²) in [6, 6.07) is 0. The molecule has 0 aromatic carbocycles. The van der Waals surface area contributed by atoms with E-state index in [1.807, 2.05) is 19.9 Å². The van der Waals surface area contributed by atoms with Gasteiger partial charge in [0.1, 0.15) is 6.29 Å². The first kappa shape index (κ1) is 13.2. The molecule has 1 saturated heterocycles. The molecule has 5 heteroatoms. The Morgan fingerprint density at radius 1 is 1.50 bits per heavy atom. The SMILES string of the molecule is CCC(C=O)=Cc1sc(N2CCOCC2)nc1C. The minimum absolute atomic E-state index is 0.758. The topological polar surface area (TPSA) is 42.4 Å². The van der Waals surface area contributed by atoms with Gasteiger partial charge < -0.3 is 9.64 Å². The number of thiazole rings is 1. The molecule has 2 heterocycles. The minimum Gasteiger partial charge on any atom is -0.378 e. The predicted molar refractivity (Wildman–Crippen MR) is 74.2 cm³/mol. The van der Waals surface area contributed by atoms with Crippen LogP contribution in [0.1, 0.15) is 23.9 Å². The largest absolute Gasteiger partial charge is 0.378 e. The van der Waals surface area contributed by atoms with Crippen LogP contribution in [0.5, 0.6) is 0 Å². The van der Waals surface area contributed by atoms with Gasteiger partial charge in [0.05, 0.1) is 23.8 Å². The number of ether oxygens (including phenoxy) is 1. The zero-order valence-corrected chi connectivity index (χ0v) is 11.6. The summed E-state index contributed by atoms with van der Waals surface area (Å²) in [6.07, 6.45) is 3.63. The number of aromatic nitrogens is 1. The van der Waals surface area contributed by atoms with Gasteiger partial charge in [0, 0.05) is 13.1 Å². The van der Waals surface area contributed by atoms with Crippen LogP contribution in [0.25, 0.3) is 6.08 Å². The number of aryl methyl sites for hydroxylation is 1. The van der Waals surface area contributed by atoms with Gasteiger partial charge in [-0.3, -0.25) is 4.79 Å². The second kappa shape index (κ2) is 6.11. The van der Waals surface area contributed by atoms with E-state index in [1.54, 1.807) is 11.3 Å². The Kier molecular flexibility index (Phi) is 4.49. The van der Waals surface area contributed by atoms with Gasteiger partial charge in [-0.05, 0) is 25.0 Å². The number of nitrogens with zero attached hydrogens (tertiary/aromatic N) is 2. The summed E-state index contributed by atoms with van der Waals surface area (Å²) in [6.45, 7) is 7.29. The zero-order chi connectivity index (χ0) is 13.0. The van der Waals surface area contributed by atoms with Crippen LogP contribution in [0.2, 0.25) is 0 Å². The minimum atomic E-state index is 0.758. The Morgan fingerprint density at radius 3 is 2.83 bits per heavy atom. The highest BCUT2D eigenvalue weighted by Crippen LogP contribution is 2.28. The van der Waals surface area contributed by atoms with Crippen molar-refractivity contribution < 1.29 is 9.53 Å². The van der Waals surface area contributed by atoms with Gasteiger partial charge in [-0.25, -0.2) is 4.98 Å². The highest BCUT2D eigenvalue weighted by molar-refractivity contribution is 7.16. The van der Waals surface area contributed by atoms with E-state index in [1.165, 1.54) is 0 Å². The molecule has 0 atom stereocenters. The lowest BCUT2D eigenvalue weighted by Gasteiger charge is -2.25. The predicted octanol–water partition coefficient (Wildman–Crippen LogP) is 2.28. The fourth-order valence-corrected chi connectivity index (χ4v) is 2.90. The van der Waals surface area contributed by atoms with E-state index in [2.05, 4.69) is 9.88 Å². The monoisotopic (exact) mass is 266 g/mol. The lowest BCUT2D eigenvalue weighted by atomic mass is 10.2. The smallest absolute Gasteiger partial charge is 0.186 e. The molecule has 1 fully saturated rings. The van der Waals surface area contributed by atoms with Crippen molar-refractivity contribution in [3.63, 3.8) is 0 Å². The summed E-state index contributed by atoms with van der Waals surface area (Å²) < 4.78 is 5.33. The van der Waals surface area contributed by atoms with E-state index in [4.69, 9.17) is 4.74 Å². The molecule has 0 N–H and O–H groups in total. The summed E-state index contributed by atoms with van der Waals surface area (Å²) >= 11 is 1.65. The Morgan fingerprint density at radius 2 is 2.22 bits per heavy atom. The van der Waals surface area contributed by atoms with Crippen LogP contribution >= 0.6 is 11.3 Å². The highest BCUT2D eigenvalue weighted by atomic mass is 32.1. The molecular formula is C13H18N2O2S. The molecule has 1 aliphatic heterocycles. The molecule has 18 heavy (non-hydrogen) atoms. The first-order valence-corrected chi connectivity index (χ1v) is 7.02. The second-order valence-electron chi connectivity index (χ2n) is 4.24. The van der Waals surface area contributed by atoms with Gasteiger partial charge in [-0.15, -0.1) is 0 Å². The van der Waals surface area contributed by atoms with Crippen molar-refractivity contribution >= 4 is 28.8 Å². The van der Waals surface area contributed by atoms with Crippen LogP contribution in [0.3, 0.4) is 0 Å². The molecule has 2 rings (SSSR count). The van der Waals surface area contributed by atoms with Gasteiger partial charge in [0.25, 0.3) is 0 Å². The number of aldehydes is 1. The highest BCUT2D eigenvalue weighted by Gasteiger charge is 2.16. The van der Waals surface area contributed by atoms with Gasteiger partial charge in [-0.2, -0.15) is 0 Å². The van der Waals surface area contributed by atoms with E-state index in [-0.39, 0.29) is 0 Å². The van der Waals surface area contributed by atoms with Gasteiger partial charge in [0.15, 0.2) is 5.13 Å². The Balaban J connectivity index is 2.20. The van der Waals surface area contributed by atoms with E-state index >= 15 is 0 Å². The third kappa shape index (κ3) is 2.97. The number of morpholine rings is 1. The molecule has 0 amide bonds. The number of carbonyl (C=O) groups excluding carboxylic acids is 1. The molecule has 0 saturated carbocycles. The fraction of sp³-hybridized carbons (Fsp3) is 0.538. The van der Waals surface area contributed by atoms with E-state index in [0.29, 0.717) is 0 Å². The lowest BCUT2D eigenvalue weighted by molar-refractivity contribution is -0.104. The average molecular weight is 266 g/mol. The van der Waals surface area contributed by atoms with Crippen LogP contribution in [0, 0.1) is 6.92 Å². The molecule has 0 bridgehead atoms. The number of rotatable bonds is 4. The van der Waals surface area contributed by atoms with Gasteiger partial charge in [-0.1, -0.05) is 18.3 Å². The van der Waals surface area contributed by atoms with Crippen LogP contribution < -0.4 is 4.90 Å². The molecular weight excluding hydrogens is 248 g/mol. The Labute approximate surface area is 111 Å². The van der Waals surface area contributed by atoms with Crippen molar-refractivity contribution in [3.8, 4) is 0 Å². The van der Waals surface area contributed by atoms with Crippen molar-refractivity contribution in [1.82, 2.24) is 4.98 Å². The zero-order valence-electron chi connectivity index (χ0n) is 10.8. The van der Waals surface area contributed by atoms with Crippen LogP contribution in [0.15, 0.2) is 5.57 Å². The molecule has 0 radical (unpaired) electrons. The maximum atomic E-state index is 10.8. The molecule has 1 aliphatic rings. The number of anilines is 1. The van der Waals surface area contributed by atoms with Crippen molar-refractivity contribution in [2.75, 3.05) is 31.2 Å². The summed E-state index contributed by atoms with van der Waals surface area (Å²) in [7, 11) is 0. The average Bonchev–Trinajstić information content (AvgIpc) is 2.78. The normalized spacial score (nSPS) is 17.0. The maximum Gasteiger partial charge on any atom is 0.186 e. The van der Waals surface area contributed by atoms with Gasteiger partial charge >= 0.3 is 0 Å². The van der Waals surface area contributed by atoms with Crippen LogP contribution in [-0.2, 0) is 9.53 Å². The van der Waals surface area contributed by atoms with E-state index in [9.17, 15) is 4.79 Å². The molecule has 98 valence electrons. The molecule has 4 nitrogen and oxygen atoms in total. The van der Waals surface area contributed by atoms with Crippen LogP contribution in [-0.4, -0.2) is 37.6 Å². The molecule has 0 spiro atoms. The summed E-state index contributed by atoms with van der Waals surface area (Å²) in [5.41, 5.74) is 1.81.